The molecule has 1 saturated heterocycles. The summed E-state index contributed by atoms with van der Waals surface area (Å²) in [7, 11) is 3.49. The summed E-state index contributed by atoms with van der Waals surface area (Å²) in [6.07, 6.45) is 1.72. The molecule has 0 radical (unpaired) electrons. The van der Waals surface area contributed by atoms with E-state index in [0.29, 0.717) is 6.61 Å². The number of rotatable bonds is 4. The zero-order chi connectivity index (χ0) is 13.7. The van der Waals surface area contributed by atoms with Gasteiger partial charge in [-0.15, -0.1) is 0 Å². The van der Waals surface area contributed by atoms with Gasteiger partial charge < -0.3 is 15.0 Å². The Morgan fingerprint density at radius 1 is 1.58 bits per heavy atom. The van der Waals surface area contributed by atoms with Crippen molar-refractivity contribution in [3.05, 3.63) is 18.0 Å². The molecule has 6 nitrogen and oxygen atoms in total. The third kappa shape index (κ3) is 3.63. The summed E-state index contributed by atoms with van der Waals surface area (Å²) in [5, 5.41) is 7.16. The molecule has 2 heterocycles. The number of nitrogens with zero attached hydrogens (tertiary/aromatic N) is 3. The van der Waals surface area contributed by atoms with Crippen LogP contribution in [0, 0.1) is 0 Å². The molecule has 0 aromatic carbocycles. The summed E-state index contributed by atoms with van der Waals surface area (Å²) >= 11 is 1.88. The van der Waals surface area contributed by atoms with E-state index in [-0.39, 0.29) is 12.1 Å². The summed E-state index contributed by atoms with van der Waals surface area (Å²) in [4.78, 5) is 14.1. The van der Waals surface area contributed by atoms with Crippen LogP contribution in [0.3, 0.4) is 0 Å². The number of hydrogen-bond donors (Lipinski definition) is 1. The lowest BCUT2D eigenvalue weighted by Gasteiger charge is -2.29. The van der Waals surface area contributed by atoms with Crippen molar-refractivity contribution < 1.29 is 9.53 Å². The van der Waals surface area contributed by atoms with E-state index in [4.69, 9.17) is 4.74 Å². The number of amides is 2. The highest BCUT2D eigenvalue weighted by atomic mass is 32.2. The van der Waals surface area contributed by atoms with Gasteiger partial charge in [-0.05, 0) is 6.07 Å². The first-order chi connectivity index (χ1) is 9.22. The van der Waals surface area contributed by atoms with Crippen molar-refractivity contribution in [2.75, 3.05) is 38.3 Å². The standard InChI is InChI=1S/C12H20N4O2S/c1-15-11(3-4-13-15)10(9-18-2)14-12(17)16-5-7-19-8-6-16/h3-4,10H,5-9H2,1-2H3,(H,14,17)/t10-/m1/s1. The van der Waals surface area contributed by atoms with Crippen LogP contribution in [-0.2, 0) is 11.8 Å². The van der Waals surface area contributed by atoms with E-state index < -0.39 is 0 Å². The summed E-state index contributed by atoms with van der Waals surface area (Å²) in [5.41, 5.74) is 0.946. The van der Waals surface area contributed by atoms with E-state index in [9.17, 15) is 4.79 Å². The number of aromatic nitrogens is 2. The molecule has 1 aliphatic rings. The van der Waals surface area contributed by atoms with Crippen molar-refractivity contribution in [2.45, 2.75) is 6.04 Å². The van der Waals surface area contributed by atoms with Crippen LogP contribution < -0.4 is 5.32 Å². The summed E-state index contributed by atoms with van der Waals surface area (Å²) < 4.78 is 6.95. The first-order valence-corrected chi connectivity index (χ1v) is 7.48. The Morgan fingerprint density at radius 2 is 2.32 bits per heavy atom. The van der Waals surface area contributed by atoms with Crippen LogP contribution in [0.4, 0.5) is 4.79 Å². The van der Waals surface area contributed by atoms with Crippen LogP contribution in [0.5, 0.6) is 0 Å². The van der Waals surface area contributed by atoms with E-state index in [2.05, 4.69) is 10.4 Å². The molecule has 1 aromatic heterocycles. The molecule has 19 heavy (non-hydrogen) atoms. The molecule has 1 aromatic rings. The first kappa shape index (κ1) is 14.2. The molecule has 1 N–H and O–H groups in total. The average Bonchev–Trinajstić information content (AvgIpc) is 2.85. The summed E-state index contributed by atoms with van der Waals surface area (Å²) in [6, 6.07) is 1.71. The van der Waals surface area contributed by atoms with Gasteiger partial charge in [0.25, 0.3) is 0 Å². The Kier molecular flexibility index (Phi) is 5.09. The Hall–Kier alpha value is -1.21. The van der Waals surface area contributed by atoms with Gasteiger partial charge >= 0.3 is 6.03 Å². The number of carbonyl (C=O) groups excluding carboxylic acids is 1. The molecule has 0 bridgehead atoms. The largest absolute Gasteiger partial charge is 0.382 e. The predicted octanol–water partition coefficient (Wildman–Crippen LogP) is 0.866. The smallest absolute Gasteiger partial charge is 0.318 e. The number of aryl methyl sites for hydroxylation is 1. The minimum Gasteiger partial charge on any atom is -0.382 e. The average molecular weight is 284 g/mol. The van der Waals surface area contributed by atoms with E-state index in [1.54, 1.807) is 18.0 Å². The topological polar surface area (TPSA) is 59.4 Å². The maximum absolute atomic E-state index is 12.2. The zero-order valence-electron chi connectivity index (χ0n) is 11.3. The van der Waals surface area contributed by atoms with Gasteiger partial charge in [-0.1, -0.05) is 0 Å². The maximum atomic E-state index is 12.2. The highest BCUT2D eigenvalue weighted by molar-refractivity contribution is 7.99. The number of ether oxygens (including phenoxy) is 1. The molecule has 0 aliphatic carbocycles. The van der Waals surface area contributed by atoms with Gasteiger partial charge in [-0.2, -0.15) is 16.9 Å². The first-order valence-electron chi connectivity index (χ1n) is 6.32. The molecule has 0 spiro atoms. The third-order valence-corrected chi connectivity index (χ3v) is 4.09. The van der Waals surface area contributed by atoms with Gasteiger partial charge in [0.1, 0.15) is 0 Å². The second kappa shape index (κ2) is 6.81. The lowest BCUT2D eigenvalue weighted by molar-refractivity contribution is 0.153. The lowest BCUT2D eigenvalue weighted by Crippen LogP contribution is -2.46. The summed E-state index contributed by atoms with van der Waals surface area (Å²) in [5.74, 6) is 2.02. The minimum atomic E-state index is -0.167. The Bertz CT molecular complexity index is 418. The van der Waals surface area contributed by atoms with E-state index in [1.807, 2.05) is 29.8 Å². The number of urea groups is 1. The van der Waals surface area contributed by atoms with Crippen LogP contribution in [0.1, 0.15) is 11.7 Å². The van der Waals surface area contributed by atoms with Gasteiger partial charge in [0.05, 0.1) is 18.3 Å². The van der Waals surface area contributed by atoms with Crippen molar-refractivity contribution >= 4 is 17.8 Å². The van der Waals surface area contributed by atoms with Crippen LogP contribution in [-0.4, -0.2) is 59.0 Å². The SMILES string of the molecule is COC[C@@H](NC(=O)N1CCSCC1)c1ccnn1C. The fourth-order valence-electron chi connectivity index (χ4n) is 2.10. The summed E-state index contributed by atoms with van der Waals surface area (Å²) in [6.45, 7) is 2.05. The highest BCUT2D eigenvalue weighted by Crippen LogP contribution is 2.14. The highest BCUT2D eigenvalue weighted by Gasteiger charge is 2.22. The molecule has 1 fully saturated rings. The Balaban J connectivity index is 2.00. The molecular weight excluding hydrogens is 264 g/mol. The number of methoxy groups -OCH3 is 1. The quantitative estimate of drug-likeness (QED) is 0.891. The predicted molar refractivity (Wildman–Crippen MR) is 75.3 cm³/mol. The molecular formula is C12H20N4O2S. The van der Waals surface area contributed by atoms with Crippen LogP contribution in [0.25, 0.3) is 0 Å². The number of carbonyl (C=O) groups is 1. The van der Waals surface area contributed by atoms with Crippen molar-refractivity contribution in [3.63, 3.8) is 0 Å². The molecule has 1 atom stereocenters. The second-order valence-electron chi connectivity index (χ2n) is 4.44. The van der Waals surface area contributed by atoms with Crippen LogP contribution in [0.2, 0.25) is 0 Å². The molecule has 0 saturated carbocycles. The third-order valence-electron chi connectivity index (χ3n) is 3.15. The Morgan fingerprint density at radius 3 is 2.89 bits per heavy atom. The molecule has 0 unspecified atom stereocenters. The van der Waals surface area contributed by atoms with Gasteiger partial charge in [-0.25, -0.2) is 4.79 Å². The van der Waals surface area contributed by atoms with Crippen LogP contribution in [0.15, 0.2) is 12.3 Å². The van der Waals surface area contributed by atoms with Gasteiger partial charge in [0.2, 0.25) is 0 Å². The molecule has 106 valence electrons. The van der Waals surface area contributed by atoms with Crippen molar-refractivity contribution in [3.8, 4) is 0 Å². The van der Waals surface area contributed by atoms with Crippen molar-refractivity contribution in [2.24, 2.45) is 7.05 Å². The fourth-order valence-corrected chi connectivity index (χ4v) is 3.00. The van der Waals surface area contributed by atoms with Crippen molar-refractivity contribution in [1.82, 2.24) is 20.0 Å². The fraction of sp³-hybridized carbons (Fsp3) is 0.667. The minimum absolute atomic E-state index is 0.0245. The molecule has 2 rings (SSSR count). The van der Waals surface area contributed by atoms with Crippen molar-refractivity contribution in [1.29, 1.82) is 0 Å². The normalized spacial score (nSPS) is 17.3. The van der Waals surface area contributed by atoms with E-state index >= 15 is 0 Å². The van der Waals surface area contributed by atoms with Gasteiger partial charge in [-0.3, -0.25) is 4.68 Å². The Labute approximate surface area is 117 Å². The molecule has 2 amide bonds. The number of nitrogens with one attached hydrogen (secondary N) is 1. The van der Waals surface area contributed by atoms with E-state index in [0.717, 1.165) is 30.3 Å². The molecule has 1 aliphatic heterocycles. The number of thioether (sulfide) groups is 1. The lowest BCUT2D eigenvalue weighted by atomic mass is 10.2. The molecule has 7 heteroatoms. The van der Waals surface area contributed by atoms with Gasteiger partial charge in [0.15, 0.2) is 0 Å². The maximum Gasteiger partial charge on any atom is 0.318 e. The number of hydrogen-bond acceptors (Lipinski definition) is 4. The second-order valence-corrected chi connectivity index (χ2v) is 5.66. The van der Waals surface area contributed by atoms with Gasteiger partial charge in [0, 0.05) is 44.9 Å². The van der Waals surface area contributed by atoms with E-state index in [1.165, 1.54) is 0 Å². The monoisotopic (exact) mass is 284 g/mol. The zero-order valence-corrected chi connectivity index (χ0v) is 12.2. The van der Waals surface area contributed by atoms with Crippen LogP contribution >= 0.6 is 11.8 Å².